The summed E-state index contributed by atoms with van der Waals surface area (Å²) in [6, 6.07) is 8.88. The number of nitrogens with zero attached hydrogens (tertiary/aromatic N) is 1. The molecule has 0 unspecified atom stereocenters. The molecule has 1 atom stereocenters. The first-order valence-electron chi connectivity index (χ1n) is 6.54. The fourth-order valence-corrected chi connectivity index (χ4v) is 1.79. The van der Waals surface area contributed by atoms with Crippen LogP contribution in [0.25, 0.3) is 11.3 Å². The van der Waals surface area contributed by atoms with E-state index in [2.05, 4.69) is 15.5 Å². The molecular weight excluding hydrogens is 252 g/mol. The summed E-state index contributed by atoms with van der Waals surface area (Å²) in [7, 11) is 0. The highest BCUT2D eigenvalue weighted by atomic mass is 16.2. The number of benzene rings is 1. The molecule has 1 aromatic carbocycles. The van der Waals surface area contributed by atoms with Gasteiger partial charge >= 0.3 is 0 Å². The van der Waals surface area contributed by atoms with Gasteiger partial charge in [-0.25, -0.2) is 0 Å². The highest BCUT2D eigenvalue weighted by Gasteiger charge is 2.27. The van der Waals surface area contributed by atoms with Gasteiger partial charge in [0.2, 0.25) is 5.91 Å². The maximum atomic E-state index is 12.1. The van der Waals surface area contributed by atoms with Gasteiger partial charge in [0, 0.05) is 17.4 Å². The van der Waals surface area contributed by atoms with Gasteiger partial charge in [0.05, 0.1) is 11.7 Å². The molecule has 5 nitrogen and oxygen atoms in total. The number of carbonyl (C=O) groups excluding carboxylic acids is 1. The monoisotopic (exact) mass is 272 g/mol. The fraction of sp³-hybridized carbons (Fsp3) is 0.333. The van der Waals surface area contributed by atoms with Crippen molar-refractivity contribution in [3.8, 4) is 11.3 Å². The summed E-state index contributed by atoms with van der Waals surface area (Å²) in [5, 5.41) is 9.66. The zero-order valence-corrected chi connectivity index (χ0v) is 12.0. The predicted octanol–water partition coefficient (Wildman–Crippen LogP) is 2.39. The molecule has 4 N–H and O–H groups in total. The Morgan fingerprint density at radius 1 is 1.35 bits per heavy atom. The number of amides is 1. The van der Waals surface area contributed by atoms with Gasteiger partial charge in [-0.15, -0.1) is 0 Å². The third-order valence-corrected chi connectivity index (χ3v) is 3.16. The lowest BCUT2D eigenvalue weighted by Gasteiger charge is -2.25. The Labute approximate surface area is 118 Å². The standard InChI is InChI=1S/C15H20N4O/c1-15(2,3)13(16)14(20)18-11-6-4-5-10(9-11)12-7-8-17-19-12/h4-9,13H,16H2,1-3H3,(H,17,19)(H,18,20)/t13-/m1/s1. The van der Waals surface area contributed by atoms with E-state index >= 15 is 0 Å². The first-order valence-corrected chi connectivity index (χ1v) is 6.54. The van der Waals surface area contributed by atoms with Gasteiger partial charge in [-0.1, -0.05) is 32.9 Å². The molecule has 0 spiro atoms. The molecule has 0 saturated heterocycles. The SMILES string of the molecule is CC(C)(C)[C@H](N)C(=O)Nc1cccc(-c2ccn[nH]2)c1. The van der Waals surface area contributed by atoms with E-state index in [0.717, 1.165) is 16.9 Å². The van der Waals surface area contributed by atoms with E-state index in [1.807, 2.05) is 51.1 Å². The molecule has 0 bridgehead atoms. The lowest BCUT2D eigenvalue weighted by molar-refractivity contribution is -0.119. The molecule has 0 fully saturated rings. The highest BCUT2D eigenvalue weighted by Crippen LogP contribution is 2.22. The number of hydrogen-bond acceptors (Lipinski definition) is 3. The molecule has 2 aromatic rings. The number of H-pyrrole nitrogens is 1. The topological polar surface area (TPSA) is 83.8 Å². The average Bonchev–Trinajstić information content (AvgIpc) is 2.91. The third-order valence-electron chi connectivity index (χ3n) is 3.16. The Morgan fingerprint density at radius 2 is 2.10 bits per heavy atom. The van der Waals surface area contributed by atoms with Crippen LogP contribution in [-0.4, -0.2) is 22.1 Å². The quantitative estimate of drug-likeness (QED) is 0.802. The van der Waals surface area contributed by atoms with Crippen LogP contribution >= 0.6 is 0 Å². The normalized spacial score (nSPS) is 13.0. The summed E-state index contributed by atoms with van der Waals surface area (Å²) < 4.78 is 0. The van der Waals surface area contributed by atoms with Crippen molar-refractivity contribution in [3.63, 3.8) is 0 Å². The van der Waals surface area contributed by atoms with Crippen molar-refractivity contribution < 1.29 is 4.79 Å². The molecule has 2 rings (SSSR count). The lowest BCUT2D eigenvalue weighted by atomic mass is 9.87. The Kier molecular flexibility index (Phi) is 3.90. The van der Waals surface area contributed by atoms with Gasteiger partial charge < -0.3 is 11.1 Å². The number of nitrogens with one attached hydrogen (secondary N) is 2. The predicted molar refractivity (Wildman–Crippen MR) is 80.1 cm³/mol. The van der Waals surface area contributed by atoms with Crippen LogP contribution in [0.15, 0.2) is 36.5 Å². The molecule has 1 heterocycles. The Bertz CT molecular complexity index is 584. The van der Waals surface area contributed by atoms with Gasteiger partial charge in [0.15, 0.2) is 0 Å². The molecule has 0 aliphatic rings. The van der Waals surface area contributed by atoms with Crippen LogP contribution in [0, 0.1) is 5.41 Å². The summed E-state index contributed by atoms with van der Waals surface area (Å²) in [5.74, 6) is -0.181. The van der Waals surface area contributed by atoms with Crippen LogP contribution in [0.4, 0.5) is 5.69 Å². The second kappa shape index (κ2) is 5.46. The van der Waals surface area contributed by atoms with Crippen LogP contribution in [0.3, 0.4) is 0 Å². The number of carbonyl (C=O) groups is 1. The number of anilines is 1. The first kappa shape index (κ1) is 14.3. The van der Waals surface area contributed by atoms with Gasteiger partial charge in [0.25, 0.3) is 0 Å². The van der Waals surface area contributed by atoms with E-state index < -0.39 is 6.04 Å². The molecule has 20 heavy (non-hydrogen) atoms. The number of rotatable bonds is 3. The van der Waals surface area contributed by atoms with Gasteiger partial charge in [-0.2, -0.15) is 5.10 Å². The van der Waals surface area contributed by atoms with E-state index in [1.165, 1.54) is 0 Å². The summed E-state index contributed by atoms with van der Waals surface area (Å²) in [4.78, 5) is 12.1. The number of aromatic nitrogens is 2. The van der Waals surface area contributed by atoms with Crippen molar-refractivity contribution in [2.75, 3.05) is 5.32 Å². The summed E-state index contributed by atoms with van der Waals surface area (Å²) >= 11 is 0. The van der Waals surface area contributed by atoms with Crippen LogP contribution in [-0.2, 0) is 4.79 Å². The lowest BCUT2D eigenvalue weighted by Crippen LogP contribution is -2.45. The summed E-state index contributed by atoms with van der Waals surface area (Å²) in [5.41, 5.74) is 8.26. The first-order chi connectivity index (χ1) is 9.38. The van der Waals surface area contributed by atoms with Crippen molar-refractivity contribution in [2.45, 2.75) is 26.8 Å². The Hall–Kier alpha value is -2.14. The van der Waals surface area contributed by atoms with Crippen LogP contribution in [0.1, 0.15) is 20.8 Å². The smallest absolute Gasteiger partial charge is 0.241 e. The molecule has 0 aliphatic heterocycles. The van der Waals surface area contributed by atoms with E-state index in [-0.39, 0.29) is 11.3 Å². The van der Waals surface area contributed by atoms with Crippen molar-refractivity contribution in [2.24, 2.45) is 11.1 Å². The van der Waals surface area contributed by atoms with Crippen molar-refractivity contribution >= 4 is 11.6 Å². The Balaban J connectivity index is 2.15. The minimum Gasteiger partial charge on any atom is -0.325 e. The molecule has 1 aromatic heterocycles. The van der Waals surface area contributed by atoms with Gasteiger partial charge in [-0.05, 0) is 23.6 Å². The van der Waals surface area contributed by atoms with E-state index in [0.29, 0.717) is 0 Å². The largest absolute Gasteiger partial charge is 0.325 e. The van der Waals surface area contributed by atoms with E-state index in [9.17, 15) is 4.79 Å². The zero-order valence-electron chi connectivity index (χ0n) is 12.0. The highest BCUT2D eigenvalue weighted by molar-refractivity contribution is 5.95. The average molecular weight is 272 g/mol. The maximum Gasteiger partial charge on any atom is 0.241 e. The van der Waals surface area contributed by atoms with E-state index in [1.54, 1.807) is 6.20 Å². The molecule has 106 valence electrons. The minimum absolute atomic E-state index is 0.181. The maximum absolute atomic E-state index is 12.1. The fourth-order valence-electron chi connectivity index (χ4n) is 1.79. The van der Waals surface area contributed by atoms with Crippen LogP contribution in [0.5, 0.6) is 0 Å². The van der Waals surface area contributed by atoms with E-state index in [4.69, 9.17) is 5.73 Å². The molecule has 1 amide bonds. The second-order valence-corrected chi connectivity index (χ2v) is 5.88. The van der Waals surface area contributed by atoms with Crippen molar-refractivity contribution in [1.29, 1.82) is 0 Å². The molecular formula is C15H20N4O. The van der Waals surface area contributed by atoms with Crippen LogP contribution < -0.4 is 11.1 Å². The number of hydrogen-bond donors (Lipinski definition) is 3. The summed E-state index contributed by atoms with van der Waals surface area (Å²) in [6.07, 6.45) is 1.69. The second-order valence-electron chi connectivity index (χ2n) is 5.88. The molecule has 0 radical (unpaired) electrons. The molecule has 5 heteroatoms. The minimum atomic E-state index is -0.557. The van der Waals surface area contributed by atoms with Crippen molar-refractivity contribution in [3.05, 3.63) is 36.5 Å². The molecule has 0 saturated carbocycles. The third kappa shape index (κ3) is 3.24. The van der Waals surface area contributed by atoms with Crippen LogP contribution in [0.2, 0.25) is 0 Å². The number of aromatic amines is 1. The molecule has 0 aliphatic carbocycles. The number of nitrogens with two attached hydrogens (primary N) is 1. The summed E-state index contributed by atoms with van der Waals surface area (Å²) in [6.45, 7) is 5.83. The van der Waals surface area contributed by atoms with Crippen molar-refractivity contribution in [1.82, 2.24) is 10.2 Å². The zero-order chi connectivity index (χ0) is 14.8. The Morgan fingerprint density at radius 3 is 2.70 bits per heavy atom. The van der Waals surface area contributed by atoms with Gasteiger partial charge in [-0.3, -0.25) is 9.89 Å². The van der Waals surface area contributed by atoms with Gasteiger partial charge in [0.1, 0.15) is 0 Å².